The van der Waals surface area contributed by atoms with Crippen molar-refractivity contribution in [1.82, 2.24) is 4.31 Å². The van der Waals surface area contributed by atoms with Gasteiger partial charge in [-0.25, -0.2) is 8.42 Å². The van der Waals surface area contributed by atoms with Crippen LogP contribution in [0.3, 0.4) is 0 Å². The predicted octanol–water partition coefficient (Wildman–Crippen LogP) is 4.31. The van der Waals surface area contributed by atoms with E-state index in [1.165, 1.54) is 4.31 Å². The molecule has 0 aromatic heterocycles. The van der Waals surface area contributed by atoms with Crippen LogP contribution in [-0.4, -0.2) is 38.3 Å². The third-order valence-corrected chi connectivity index (χ3v) is 7.02. The molecule has 166 valence electrons. The highest BCUT2D eigenvalue weighted by molar-refractivity contribution is 7.89. The molecule has 3 aromatic rings. The number of carbonyl (C=O) groups is 1. The Labute approximate surface area is 188 Å². The molecule has 0 aliphatic carbocycles. The van der Waals surface area contributed by atoms with Gasteiger partial charge in [0.05, 0.1) is 17.1 Å². The van der Waals surface area contributed by atoms with Gasteiger partial charge in [-0.2, -0.15) is 4.31 Å². The van der Waals surface area contributed by atoms with Crippen molar-refractivity contribution in [1.29, 1.82) is 0 Å². The van der Waals surface area contributed by atoms with Gasteiger partial charge in [0.15, 0.2) is 5.75 Å². The number of para-hydroxylation sites is 3. The van der Waals surface area contributed by atoms with E-state index in [4.69, 9.17) is 4.74 Å². The first-order chi connectivity index (χ1) is 15.5. The van der Waals surface area contributed by atoms with Crippen molar-refractivity contribution in [3.05, 3.63) is 78.9 Å². The Morgan fingerprint density at radius 3 is 2.41 bits per heavy atom. The molecule has 1 fully saturated rings. The molecule has 8 heteroatoms. The van der Waals surface area contributed by atoms with E-state index in [9.17, 15) is 13.2 Å². The summed E-state index contributed by atoms with van der Waals surface area (Å²) in [5.74, 6) is 0.927. The Morgan fingerprint density at radius 2 is 1.62 bits per heavy atom. The molecule has 1 heterocycles. The summed E-state index contributed by atoms with van der Waals surface area (Å²) < 4.78 is 32.9. The highest BCUT2D eigenvalue weighted by atomic mass is 32.2. The van der Waals surface area contributed by atoms with Gasteiger partial charge in [0.25, 0.3) is 0 Å². The molecule has 1 saturated heterocycles. The molecule has 0 spiro atoms. The summed E-state index contributed by atoms with van der Waals surface area (Å²) in [6.07, 6.45) is 1.76. The van der Waals surface area contributed by atoms with Crippen LogP contribution in [0.25, 0.3) is 0 Å². The second-order valence-electron chi connectivity index (χ2n) is 7.45. The van der Waals surface area contributed by atoms with E-state index in [0.717, 1.165) is 12.8 Å². The monoisotopic (exact) mass is 451 g/mol. The van der Waals surface area contributed by atoms with E-state index in [2.05, 4.69) is 10.6 Å². The van der Waals surface area contributed by atoms with E-state index in [1.807, 2.05) is 42.5 Å². The topological polar surface area (TPSA) is 87.7 Å². The second kappa shape index (κ2) is 9.84. The maximum atomic E-state index is 12.8. The number of hydrogen-bond acceptors (Lipinski definition) is 5. The SMILES string of the molecule is O=C(CNc1cccc(S(=O)(=O)N2CCCC2)c1)Nc1ccccc1Oc1ccccc1. The van der Waals surface area contributed by atoms with E-state index >= 15 is 0 Å². The van der Waals surface area contributed by atoms with Crippen LogP contribution in [0, 0.1) is 0 Å². The van der Waals surface area contributed by atoms with Gasteiger partial charge in [-0.1, -0.05) is 36.4 Å². The van der Waals surface area contributed by atoms with E-state index in [1.54, 1.807) is 36.4 Å². The fraction of sp³-hybridized carbons (Fsp3) is 0.208. The summed E-state index contributed by atoms with van der Waals surface area (Å²) in [4.78, 5) is 12.8. The number of nitrogens with one attached hydrogen (secondary N) is 2. The number of nitrogens with zero attached hydrogens (tertiary/aromatic N) is 1. The molecule has 7 nitrogen and oxygen atoms in total. The average molecular weight is 452 g/mol. The third-order valence-electron chi connectivity index (χ3n) is 5.12. The van der Waals surface area contributed by atoms with Crippen molar-refractivity contribution in [2.45, 2.75) is 17.7 Å². The lowest BCUT2D eigenvalue weighted by Gasteiger charge is -2.16. The first kappa shape index (κ1) is 21.9. The molecule has 4 rings (SSSR count). The highest BCUT2D eigenvalue weighted by Crippen LogP contribution is 2.29. The predicted molar refractivity (Wildman–Crippen MR) is 125 cm³/mol. The Balaban J connectivity index is 1.39. The van der Waals surface area contributed by atoms with Crippen molar-refractivity contribution >= 4 is 27.3 Å². The number of amides is 1. The summed E-state index contributed by atoms with van der Waals surface area (Å²) in [6, 6.07) is 23.1. The summed E-state index contributed by atoms with van der Waals surface area (Å²) in [5.41, 5.74) is 1.11. The molecule has 0 bridgehead atoms. The molecule has 3 aromatic carbocycles. The first-order valence-electron chi connectivity index (χ1n) is 10.5. The van der Waals surface area contributed by atoms with Crippen molar-refractivity contribution in [3.63, 3.8) is 0 Å². The highest BCUT2D eigenvalue weighted by Gasteiger charge is 2.27. The Kier molecular flexibility index (Phi) is 6.72. The van der Waals surface area contributed by atoms with Gasteiger partial charge < -0.3 is 15.4 Å². The molecule has 2 N–H and O–H groups in total. The lowest BCUT2D eigenvalue weighted by molar-refractivity contribution is -0.114. The standard InChI is InChI=1S/C24H25N3O4S/c28-24(26-22-13-4-5-14-23(22)31-20-10-2-1-3-11-20)18-25-19-9-8-12-21(17-19)32(29,30)27-15-6-7-16-27/h1-5,8-14,17,25H,6-7,15-16,18H2,(H,26,28). The minimum Gasteiger partial charge on any atom is -0.455 e. The molecular formula is C24H25N3O4S. The van der Waals surface area contributed by atoms with E-state index in [-0.39, 0.29) is 17.3 Å². The molecule has 0 unspecified atom stereocenters. The molecule has 1 aliphatic rings. The van der Waals surface area contributed by atoms with Crippen LogP contribution in [0.5, 0.6) is 11.5 Å². The van der Waals surface area contributed by atoms with E-state index < -0.39 is 10.0 Å². The molecule has 0 radical (unpaired) electrons. The summed E-state index contributed by atoms with van der Waals surface area (Å²) in [5, 5.41) is 5.84. The lowest BCUT2D eigenvalue weighted by atomic mass is 10.2. The molecule has 1 amide bonds. The van der Waals surface area contributed by atoms with Crippen molar-refractivity contribution in [3.8, 4) is 11.5 Å². The zero-order valence-corrected chi connectivity index (χ0v) is 18.3. The summed E-state index contributed by atoms with van der Waals surface area (Å²) in [6.45, 7) is 1.08. The Morgan fingerprint density at radius 1 is 0.906 bits per heavy atom. The van der Waals surface area contributed by atoms with Crippen molar-refractivity contribution in [2.24, 2.45) is 0 Å². The summed E-state index contributed by atoms with van der Waals surface area (Å²) >= 11 is 0. The fourth-order valence-electron chi connectivity index (χ4n) is 3.50. The number of anilines is 2. The molecule has 32 heavy (non-hydrogen) atoms. The number of carbonyl (C=O) groups excluding carboxylic acids is 1. The number of rotatable bonds is 8. The first-order valence-corrected chi connectivity index (χ1v) is 11.9. The van der Waals surface area contributed by atoms with Gasteiger partial charge >= 0.3 is 0 Å². The fourth-order valence-corrected chi connectivity index (χ4v) is 5.06. The maximum absolute atomic E-state index is 12.8. The Hall–Kier alpha value is -3.36. The smallest absolute Gasteiger partial charge is 0.243 e. The number of sulfonamides is 1. The van der Waals surface area contributed by atoms with Crippen LogP contribution in [0.4, 0.5) is 11.4 Å². The average Bonchev–Trinajstić information content (AvgIpc) is 3.36. The van der Waals surface area contributed by atoms with Crippen LogP contribution in [0.15, 0.2) is 83.8 Å². The number of ether oxygens (including phenoxy) is 1. The quantitative estimate of drug-likeness (QED) is 0.533. The number of hydrogen-bond donors (Lipinski definition) is 2. The van der Waals surface area contributed by atoms with Crippen LogP contribution < -0.4 is 15.4 Å². The normalized spacial score (nSPS) is 14.1. The molecule has 1 aliphatic heterocycles. The largest absolute Gasteiger partial charge is 0.455 e. The van der Waals surface area contributed by atoms with Gasteiger partial charge in [-0.15, -0.1) is 0 Å². The molecule has 0 atom stereocenters. The van der Waals surface area contributed by atoms with E-state index in [0.29, 0.717) is 36.0 Å². The Bertz CT molecular complexity index is 1180. The minimum absolute atomic E-state index is 0.0209. The van der Waals surface area contributed by atoms with Gasteiger partial charge in [0.1, 0.15) is 5.75 Å². The van der Waals surface area contributed by atoms with Crippen molar-refractivity contribution < 1.29 is 17.9 Å². The van der Waals surface area contributed by atoms with Crippen molar-refractivity contribution in [2.75, 3.05) is 30.3 Å². The van der Waals surface area contributed by atoms with Gasteiger partial charge in [-0.3, -0.25) is 4.79 Å². The summed E-state index contributed by atoms with van der Waals surface area (Å²) in [7, 11) is -3.51. The van der Waals surface area contributed by atoms with Gasteiger partial charge in [0, 0.05) is 18.8 Å². The van der Waals surface area contributed by atoms with Gasteiger partial charge in [0.2, 0.25) is 15.9 Å². The molecule has 0 saturated carbocycles. The number of benzene rings is 3. The molecular weight excluding hydrogens is 426 g/mol. The van der Waals surface area contributed by atoms with Crippen LogP contribution in [0.2, 0.25) is 0 Å². The lowest BCUT2D eigenvalue weighted by Crippen LogP contribution is -2.28. The minimum atomic E-state index is -3.51. The van der Waals surface area contributed by atoms with Gasteiger partial charge in [-0.05, 0) is 55.3 Å². The second-order valence-corrected chi connectivity index (χ2v) is 9.39. The zero-order valence-electron chi connectivity index (χ0n) is 17.5. The third kappa shape index (κ3) is 5.27. The van der Waals surface area contributed by atoms with Crippen LogP contribution in [0.1, 0.15) is 12.8 Å². The van der Waals surface area contributed by atoms with Crippen LogP contribution >= 0.6 is 0 Å². The maximum Gasteiger partial charge on any atom is 0.243 e. The van der Waals surface area contributed by atoms with Crippen LogP contribution in [-0.2, 0) is 14.8 Å². The zero-order chi connectivity index (χ0) is 22.4.